The van der Waals surface area contributed by atoms with Crippen molar-refractivity contribution in [3.63, 3.8) is 0 Å². The van der Waals surface area contributed by atoms with Crippen molar-refractivity contribution < 1.29 is 0 Å². The second kappa shape index (κ2) is 7.10. The molecular weight excluding hydrogens is 336 g/mol. The summed E-state index contributed by atoms with van der Waals surface area (Å²) in [6.07, 6.45) is 12.4. The van der Waals surface area contributed by atoms with Crippen LogP contribution in [0.15, 0.2) is 49.2 Å². The minimum atomic E-state index is 0.414. The van der Waals surface area contributed by atoms with Crippen LogP contribution in [-0.4, -0.2) is 37.6 Å². The van der Waals surface area contributed by atoms with Crippen molar-refractivity contribution in [1.82, 2.24) is 24.5 Å². The second-order valence-corrected chi connectivity index (χ2v) is 7.59. The largest absolute Gasteiger partial charge is 0.356 e. The average molecular weight is 360 g/mol. The van der Waals surface area contributed by atoms with Gasteiger partial charge < -0.3 is 9.47 Å². The Labute approximate surface area is 159 Å². The van der Waals surface area contributed by atoms with Crippen LogP contribution in [0.5, 0.6) is 0 Å². The number of nitrogens with zero attached hydrogens (tertiary/aromatic N) is 6. The van der Waals surface area contributed by atoms with Gasteiger partial charge in [0.15, 0.2) is 0 Å². The molecule has 2 fully saturated rings. The van der Waals surface area contributed by atoms with E-state index in [1.807, 2.05) is 24.5 Å². The van der Waals surface area contributed by atoms with Crippen LogP contribution in [-0.2, 0) is 6.54 Å². The first kappa shape index (κ1) is 16.4. The molecule has 3 aromatic heterocycles. The standard InChI is InChI=1S/C21H24N6/c1-2-8-22-18(5-1)14-27-11-9-23-21(27)17-4-3-10-26(13-17)20-12-19(16-6-7-16)24-15-25-20/h1-2,5,8-9,11-12,15-17H,3-4,6-7,10,13-14H2/t17-/m1/s1. The molecule has 0 aromatic carbocycles. The van der Waals surface area contributed by atoms with Crippen molar-refractivity contribution in [2.75, 3.05) is 18.0 Å². The lowest BCUT2D eigenvalue weighted by atomic mass is 9.97. The van der Waals surface area contributed by atoms with E-state index < -0.39 is 0 Å². The molecule has 5 rings (SSSR count). The Morgan fingerprint density at radius 1 is 0.963 bits per heavy atom. The molecule has 0 unspecified atom stereocenters. The number of aromatic nitrogens is 5. The van der Waals surface area contributed by atoms with Crippen LogP contribution >= 0.6 is 0 Å². The topological polar surface area (TPSA) is 59.7 Å². The van der Waals surface area contributed by atoms with E-state index >= 15 is 0 Å². The Balaban J connectivity index is 1.34. The summed E-state index contributed by atoms with van der Waals surface area (Å²) >= 11 is 0. The van der Waals surface area contributed by atoms with Gasteiger partial charge >= 0.3 is 0 Å². The lowest BCUT2D eigenvalue weighted by molar-refractivity contribution is 0.473. The third-order valence-electron chi connectivity index (χ3n) is 5.59. The van der Waals surface area contributed by atoms with Gasteiger partial charge in [0.05, 0.1) is 12.2 Å². The van der Waals surface area contributed by atoms with E-state index in [-0.39, 0.29) is 0 Å². The van der Waals surface area contributed by atoms with E-state index in [9.17, 15) is 0 Å². The molecular formula is C21H24N6. The molecule has 0 radical (unpaired) electrons. The zero-order valence-corrected chi connectivity index (χ0v) is 15.4. The third kappa shape index (κ3) is 3.56. The van der Waals surface area contributed by atoms with E-state index in [1.165, 1.54) is 18.5 Å². The summed E-state index contributed by atoms with van der Waals surface area (Å²) in [7, 11) is 0. The molecule has 1 saturated carbocycles. The number of hydrogen-bond donors (Lipinski definition) is 0. The monoisotopic (exact) mass is 360 g/mol. The Kier molecular flexibility index (Phi) is 4.32. The van der Waals surface area contributed by atoms with Crippen molar-refractivity contribution in [2.24, 2.45) is 0 Å². The van der Waals surface area contributed by atoms with Crippen LogP contribution in [0.3, 0.4) is 0 Å². The fraction of sp³-hybridized carbons (Fsp3) is 0.429. The van der Waals surface area contributed by atoms with Gasteiger partial charge in [-0.25, -0.2) is 15.0 Å². The van der Waals surface area contributed by atoms with Crippen LogP contribution < -0.4 is 4.90 Å². The predicted octanol–water partition coefficient (Wildman–Crippen LogP) is 3.38. The number of imidazole rings is 1. The Morgan fingerprint density at radius 3 is 2.78 bits per heavy atom. The fourth-order valence-corrected chi connectivity index (χ4v) is 4.01. The minimum absolute atomic E-state index is 0.414. The van der Waals surface area contributed by atoms with Crippen LogP contribution in [0.4, 0.5) is 5.82 Å². The van der Waals surface area contributed by atoms with Crippen LogP contribution in [0.2, 0.25) is 0 Å². The molecule has 3 aromatic rings. The normalized spacial score (nSPS) is 20.0. The Hall–Kier alpha value is -2.76. The van der Waals surface area contributed by atoms with Crippen LogP contribution in [0, 0.1) is 0 Å². The van der Waals surface area contributed by atoms with Gasteiger partial charge in [0.1, 0.15) is 18.0 Å². The molecule has 4 heterocycles. The molecule has 0 spiro atoms. The summed E-state index contributed by atoms with van der Waals surface area (Å²) in [5.41, 5.74) is 2.27. The molecule has 1 aliphatic heterocycles. The quantitative estimate of drug-likeness (QED) is 0.698. The summed E-state index contributed by atoms with van der Waals surface area (Å²) in [4.78, 5) is 20.6. The first-order valence-electron chi connectivity index (χ1n) is 9.84. The zero-order valence-electron chi connectivity index (χ0n) is 15.4. The second-order valence-electron chi connectivity index (χ2n) is 7.59. The number of pyridine rings is 1. The SMILES string of the molecule is c1ccc(Cn2ccnc2[C@@H]2CCCN(c3cc(C4CC4)ncn3)C2)nc1. The third-order valence-corrected chi connectivity index (χ3v) is 5.59. The summed E-state index contributed by atoms with van der Waals surface area (Å²) in [6.45, 7) is 2.78. The molecule has 1 saturated heterocycles. The molecule has 6 heteroatoms. The maximum atomic E-state index is 4.70. The van der Waals surface area contributed by atoms with Gasteiger partial charge in [-0.05, 0) is 37.8 Å². The van der Waals surface area contributed by atoms with Crippen LogP contribution in [0.1, 0.15) is 54.7 Å². The van der Waals surface area contributed by atoms with Gasteiger partial charge in [0, 0.05) is 55.3 Å². The van der Waals surface area contributed by atoms with Gasteiger partial charge in [0.2, 0.25) is 0 Å². The minimum Gasteiger partial charge on any atom is -0.356 e. The Bertz CT molecular complexity index is 902. The highest BCUT2D eigenvalue weighted by atomic mass is 15.2. The highest BCUT2D eigenvalue weighted by Crippen LogP contribution is 2.39. The van der Waals surface area contributed by atoms with E-state index in [4.69, 9.17) is 4.98 Å². The molecule has 1 aliphatic carbocycles. The maximum Gasteiger partial charge on any atom is 0.132 e. The maximum absolute atomic E-state index is 4.70. The van der Waals surface area contributed by atoms with Crippen molar-refractivity contribution in [3.8, 4) is 0 Å². The van der Waals surface area contributed by atoms with Crippen molar-refractivity contribution >= 4 is 5.82 Å². The highest BCUT2D eigenvalue weighted by molar-refractivity contribution is 5.41. The number of piperidine rings is 1. The van der Waals surface area contributed by atoms with Crippen LogP contribution in [0.25, 0.3) is 0 Å². The van der Waals surface area contributed by atoms with Crippen molar-refractivity contribution in [2.45, 2.75) is 44.1 Å². The smallest absolute Gasteiger partial charge is 0.132 e. The summed E-state index contributed by atoms with van der Waals surface area (Å²) < 4.78 is 2.24. The lowest BCUT2D eigenvalue weighted by Gasteiger charge is -2.33. The first-order valence-corrected chi connectivity index (χ1v) is 9.84. The van der Waals surface area contributed by atoms with E-state index in [0.29, 0.717) is 11.8 Å². The zero-order chi connectivity index (χ0) is 18.1. The molecule has 0 bridgehead atoms. The molecule has 0 N–H and O–H groups in total. The van der Waals surface area contributed by atoms with Gasteiger partial charge in [-0.1, -0.05) is 6.07 Å². The Morgan fingerprint density at radius 2 is 1.93 bits per heavy atom. The van der Waals surface area contributed by atoms with Crippen molar-refractivity contribution in [3.05, 3.63) is 66.4 Å². The van der Waals surface area contributed by atoms with E-state index in [1.54, 1.807) is 6.33 Å². The van der Waals surface area contributed by atoms with Crippen molar-refractivity contribution in [1.29, 1.82) is 0 Å². The highest BCUT2D eigenvalue weighted by Gasteiger charge is 2.28. The molecule has 1 atom stereocenters. The molecule has 27 heavy (non-hydrogen) atoms. The fourth-order valence-electron chi connectivity index (χ4n) is 4.01. The lowest BCUT2D eigenvalue weighted by Crippen LogP contribution is -2.36. The molecule has 138 valence electrons. The average Bonchev–Trinajstić information content (AvgIpc) is 3.48. The molecule has 0 amide bonds. The van der Waals surface area contributed by atoms with E-state index in [2.05, 4.69) is 42.7 Å². The molecule has 6 nitrogen and oxygen atoms in total. The van der Waals surface area contributed by atoms with E-state index in [0.717, 1.165) is 49.8 Å². The number of hydrogen-bond acceptors (Lipinski definition) is 5. The van der Waals surface area contributed by atoms with Gasteiger partial charge in [-0.15, -0.1) is 0 Å². The molecule has 2 aliphatic rings. The van der Waals surface area contributed by atoms with Gasteiger partial charge in [-0.2, -0.15) is 0 Å². The summed E-state index contributed by atoms with van der Waals surface area (Å²) in [5, 5.41) is 0. The number of anilines is 1. The number of rotatable bonds is 5. The predicted molar refractivity (Wildman–Crippen MR) is 104 cm³/mol. The summed E-state index contributed by atoms with van der Waals surface area (Å²) in [5.74, 6) is 3.29. The summed E-state index contributed by atoms with van der Waals surface area (Å²) in [6, 6.07) is 8.25. The van der Waals surface area contributed by atoms with Gasteiger partial charge in [0.25, 0.3) is 0 Å². The van der Waals surface area contributed by atoms with Gasteiger partial charge in [-0.3, -0.25) is 4.98 Å². The first-order chi connectivity index (χ1) is 13.4.